The summed E-state index contributed by atoms with van der Waals surface area (Å²) in [5.41, 5.74) is 2.56. The predicted octanol–water partition coefficient (Wildman–Crippen LogP) is 8.81. The lowest BCUT2D eigenvalue weighted by Crippen LogP contribution is -2.45. The van der Waals surface area contributed by atoms with Crippen LogP contribution in [0.1, 0.15) is 80.9 Å². The van der Waals surface area contributed by atoms with E-state index in [1.54, 1.807) is 0 Å². The van der Waals surface area contributed by atoms with Gasteiger partial charge in [-0.2, -0.15) is 22.0 Å². The van der Waals surface area contributed by atoms with Crippen molar-refractivity contribution in [3.8, 4) is 17.6 Å². The van der Waals surface area contributed by atoms with Crippen molar-refractivity contribution in [3.63, 3.8) is 0 Å². The molecular weight excluding hydrogens is 466 g/mol. The number of unbranched alkanes of at least 4 members (excludes halogenated alkanes) is 2. The molecule has 0 spiro atoms. The summed E-state index contributed by atoms with van der Waals surface area (Å²) in [5.74, 6) is 6.71. The van der Waals surface area contributed by atoms with Crippen molar-refractivity contribution in [2.45, 2.75) is 82.7 Å². The molecule has 35 heavy (non-hydrogen) atoms. The Balaban J connectivity index is 1.54. The number of hydrogen-bond donors (Lipinski definition) is 0. The van der Waals surface area contributed by atoms with Gasteiger partial charge in [-0.15, -0.1) is 0 Å². The molecule has 0 aromatic heterocycles. The SMILES string of the molecule is CCCCCC1CCC(c2ccc(C#Cc3ccc(OC(F)(F)C(F)C(F)(F)F)cc3)cc2)CC1. The van der Waals surface area contributed by atoms with Crippen molar-refractivity contribution >= 4 is 0 Å². The number of hydrogen-bond acceptors (Lipinski definition) is 1. The summed E-state index contributed by atoms with van der Waals surface area (Å²) in [6.07, 6.45) is -4.94. The minimum absolute atomic E-state index is 0.457. The van der Waals surface area contributed by atoms with Gasteiger partial charge >= 0.3 is 12.3 Å². The zero-order valence-electron chi connectivity index (χ0n) is 19.7. The summed E-state index contributed by atoms with van der Waals surface area (Å²) in [6, 6.07) is 12.8. The Hall–Kier alpha value is -2.62. The number of rotatable bonds is 8. The zero-order valence-corrected chi connectivity index (χ0v) is 19.7. The van der Waals surface area contributed by atoms with Crippen molar-refractivity contribution in [3.05, 3.63) is 65.2 Å². The van der Waals surface area contributed by atoms with Crippen LogP contribution in [-0.4, -0.2) is 18.5 Å². The first kappa shape index (κ1) is 27.0. The van der Waals surface area contributed by atoms with E-state index in [9.17, 15) is 26.3 Å². The van der Waals surface area contributed by atoms with Gasteiger partial charge < -0.3 is 4.74 Å². The molecule has 0 heterocycles. The van der Waals surface area contributed by atoms with Gasteiger partial charge in [-0.05, 0) is 79.5 Å². The van der Waals surface area contributed by atoms with E-state index < -0.39 is 24.2 Å². The lowest BCUT2D eigenvalue weighted by Gasteiger charge is -2.29. The van der Waals surface area contributed by atoms with Crippen LogP contribution >= 0.6 is 0 Å². The third-order valence-electron chi connectivity index (χ3n) is 6.49. The van der Waals surface area contributed by atoms with Crippen molar-refractivity contribution in [2.24, 2.45) is 5.92 Å². The van der Waals surface area contributed by atoms with E-state index in [4.69, 9.17) is 0 Å². The molecule has 1 saturated carbocycles. The molecule has 1 aliphatic rings. The Morgan fingerprint density at radius 1 is 0.829 bits per heavy atom. The molecule has 0 N–H and O–H groups in total. The van der Waals surface area contributed by atoms with Crippen LogP contribution in [0.25, 0.3) is 0 Å². The lowest BCUT2D eigenvalue weighted by molar-refractivity contribution is -0.304. The average molecular weight is 497 g/mol. The number of alkyl halides is 6. The maximum Gasteiger partial charge on any atom is 0.439 e. The van der Waals surface area contributed by atoms with E-state index in [-0.39, 0.29) is 0 Å². The summed E-state index contributed by atoms with van der Waals surface area (Å²) in [4.78, 5) is 0. The zero-order chi connectivity index (χ0) is 25.5. The predicted molar refractivity (Wildman–Crippen MR) is 124 cm³/mol. The topological polar surface area (TPSA) is 9.23 Å². The van der Waals surface area contributed by atoms with E-state index in [1.807, 2.05) is 12.1 Å². The van der Waals surface area contributed by atoms with Gasteiger partial charge in [0, 0.05) is 11.1 Å². The van der Waals surface area contributed by atoms with Gasteiger partial charge in [0.2, 0.25) is 0 Å². The highest BCUT2D eigenvalue weighted by molar-refractivity contribution is 5.45. The van der Waals surface area contributed by atoms with E-state index in [0.29, 0.717) is 11.5 Å². The quantitative estimate of drug-likeness (QED) is 0.202. The summed E-state index contributed by atoms with van der Waals surface area (Å²) in [7, 11) is 0. The van der Waals surface area contributed by atoms with Crippen molar-refractivity contribution in [1.82, 2.24) is 0 Å². The Morgan fingerprint density at radius 2 is 1.37 bits per heavy atom. The molecule has 0 saturated heterocycles. The van der Waals surface area contributed by atoms with Gasteiger partial charge in [0.25, 0.3) is 6.17 Å². The molecular formula is C28H30F6O. The van der Waals surface area contributed by atoms with Crippen LogP contribution in [0, 0.1) is 17.8 Å². The lowest BCUT2D eigenvalue weighted by atomic mass is 9.77. The summed E-state index contributed by atoms with van der Waals surface area (Å²) < 4.78 is 80.3. The minimum Gasteiger partial charge on any atom is -0.430 e. The van der Waals surface area contributed by atoms with Gasteiger partial charge in [-0.25, -0.2) is 4.39 Å². The van der Waals surface area contributed by atoms with Crippen LogP contribution in [0.15, 0.2) is 48.5 Å². The second-order valence-corrected chi connectivity index (χ2v) is 9.18. The van der Waals surface area contributed by atoms with Gasteiger partial charge in [0.15, 0.2) is 0 Å². The molecule has 1 fully saturated rings. The second kappa shape index (κ2) is 11.9. The number of ether oxygens (including phenoxy) is 1. The Kier molecular flexibility index (Phi) is 9.15. The van der Waals surface area contributed by atoms with E-state index in [1.165, 1.54) is 69.1 Å². The molecule has 0 bridgehead atoms. The summed E-state index contributed by atoms with van der Waals surface area (Å²) in [6.45, 7) is 2.23. The largest absolute Gasteiger partial charge is 0.439 e. The van der Waals surface area contributed by atoms with Crippen LogP contribution in [0.4, 0.5) is 26.3 Å². The van der Waals surface area contributed by atoms with Crippen LogP contribution in [0.5, 0.6) is 5.75 Å². The molecule has 1 aliphatic carbocycles. The van der Waals surface area contributed by atoms with Gasteiger partial charge in [0.05, 0.1) is 0 Å². The molecule has 2 aromatic rings. The van der Waals surface area contributed by atoms with Crippen molar-refractivity contribution in [1.29, 1.82) is 0 Å². The third kappa shape index (κ3) is 7.95. The first-order valence-corrected chi connectivity index (χ1v) is 12.1. The van der Waals surface area contributed by atoms with E-state index in [2.05, 4.69) is 35.6 Å². The molecule has 190 valence electrons. The molecule has 1 atom stereocenters. The fourth-order valence-electron chi connectivity index (χ4n) is 4.46. The molecule has 0 aliphatic heterocycles. The normalized spacial score (nSPS) is 19.5. The highest BCUT2D eigenvalue weighted by Gasteiger charge is 2.59. The number of benzene rings is 2. The first-order chi connectivity index (χ1) is 16.6. The molecule has 1 nitrogen and oxygen atoms in total. The molecule has 2 aromatic carbocycles. The maximum absolute atomic E-state index is 13.4. The molecule has 1 unspecified atom stereocenters. The summed E-state index contributed by atoms with van der Waals surface area (Å²) >= 11 is 0. The second-order valence-electron chi connectivity index (χ2n) is 9.18. The fourth-order valence-corrected chi connectivity index (χ4v) is 4.46. The van der Waals surface area contributed by atoms with Crippen LogP contribution in [0.2, 0.25) is 0 Å². The van der Waals surface area contributed by atoms with Crippen LogP contribution in [0.3, 0.4) is 0 Å². The Labute approximate surface area is 202 Å². The maximum atomic E-state index is 13.4. The minimum atomic E-state index is -5.72. The van der Waals surface area contributed by atoms with Gasteiger partial charge in [-0.3, -0.25) is 0 Å². The third-order valence-corrected chi connectivity index (χ3v) is 6.49. The highest BCUT2D eigenvalue weighted by atomic mass is 19.4. The van der Waals surface area contributed by atoms with Crippen LogP contribution < -0.4 is 4.74 Å². The fraction of sp³-hybridized carbons (Fsp3) is 0.500. The smallest absolute Gasteiger partial charge is 0.430 e. The molecule has 7 heteroatoms. The Morgan fingerprint density at radius 3 is 1.89 bits per heavy atom. The van der Waals surface area contributed by atoms with E-state index >= 15 is 0 Å². The Bertz CT molecular complexity index is 977. The highest BCUT2D eigenvalue weighted by Crippen LogP contribution is 2.38. The first-order valence-electron chi connectivity index (χ1n) is 12.1. The van der Waals surface area contributed by atoms with Crippen molar-refractivity contribution < 1.29 is 31.1 Å². The standard InChI is InChI=1S/C28H30F6O/c1-2-3-4-5-20-8-14-23(15-9-20)24-16-10-21(11-17-24)6-7-22-12-18-25(19-13-22)35-28(33,34)26(29)27(30,31)32/h10-13,16-20,23,26H,2-5,8-9,14-15H2,1H3. The molecule has 0 radical (unpaired) electrons. The van der Waals surface area contributed by atoms with E-state index in [0.717, 1.165) is 23.6 Å². The number of halogens is 6. The van der Waals surface area contributed by atoms with Gasteiger partial charge in [0.1, 0.15) is 5.75 Å². The summed E-state index contributed by atoms with van der Waals surface area (Å²) in [5, 5.41) is 0. The molecule has 0 amide bonds. The average Bonchev–Trinajstić information content (AvgIpc) is 2.83. The van der Waals surface area contributed by atoms with Gasteiger partial charge in [-0.1, -0.05) is 56.6 Å². The monoisotopic (exact) mass is 496 g/mol. The van der Waals surface area contributed by atoms with Crippen LogP contribution in [-0.2, 0) is 0 Å². The molecule has 3 rings (SSSR count). The van der Waals surface area contributed by atoms with Crippen molar-refractivity contribution in [2.75, 3.05) is 0 Å².